The maximum absolute atomic E-state index is 13.5. The zero-order valence-corrected chi connectivity index (χ0v) is 39.8. The van der Waals surface area contributed by atoms with E-state index in [4.69, 9.17) is 25.0 Å². The number of amidine groups is 1. The molecule has 0 bridgehead atoms. The highest BCUT2D eigenvalue weighted by atomic mass is 19.1. The molecule has 3 aromatic heterocycles. The fourth-order valence-corrected chi connectivity index (χ4v) is 10.7. The van der Waals surface area contributed by atoms with Crippen LogP contribution in [0.25, 0.3) is 33.2 Å². The third-order valence-corrected chi connectivity index (χ3v) is 14.0. The fourth-order valence-electron chi connectivity index (χ4n) is 10.7. The van der Waals surface area contributed by atoms with E-state index < -0.39 is 0 Å². The van der Waals surface area contributed by atoms with Gasteiger partial charge in [0, 0.05) is 32.7 Å². The van der Waals surface area contributed by atoms with Crippen LogP contribution in [0.15, 0.2) is 167 Å². The molecule has 72 heavy (non-hydrogen) atoms. The molecule has 3 heterocycles. The molecule has 6 aromatic carbocycles. The number of ether oxygens (including phenoxy) is 2. The largest absolute Gasteiger partial charge is 0.487 e. The standard InChI is InChI=1S/C31H25FN4O2.C28H26FN3O2/c1-20-17-31(18-20,22-5-3-2-4-6-22)27-16-25(10-11-26(27)30-35-29(13-14-33)38-36-30)37-19-24-9-7-21-15-23(32)8-12-28(21)34-24;1-18-15-28(16-18,20-5-3-2-4-6-20)25-14-23(10-11-24(25)27(30)32-33)34-17-22-9-7-19-13-21(29)8-12-26(19)31-22/h2-12,15-16,20H,13,17-19H2,1H3;2-14,18,33H,15-17H2,1H3,(H2,30,32). The molecule has 3 N–H and O–H groups in total. The van der Waals surface area contributed by atoms with E-state index in [1.54, 1.807) is 12.1 Å². The SMILES string of the molecule is CC1CC(c2ccccc2)(c2cc(OCc3ccc4cc(F)ccc4n3)ccc2-c2noc(CC#N)n2)C1.CC1CC(c2ccccc2)(c2cc(OCc3ccc4cc(F)ccc4n3)ccc2/C(N)=N/O)C1. The lowest BCUT2D eigenvalue weighted by Crippen LogP contribution is -2.42. The van der Waals surface area contributed by atoms with Gasteiger partial charge in [-0.05, 0) is 145 Å². The number of oxime groups is 1. The van der Waals surface area contributed by atoms with Gasteiger partial charge in [-0.25, -0.2) is 18.7 Å². The second-order valence-electron chi connectivity index (χ2n) is 19.0. The number of aromatic nitrogens is 4. The maximum Gasteiger partial charge on any atom is 0.241 e. The van der Waals surface area contributed by atoms with Gasteiger partial charge in [-0.3, -0.25) is 0 Å². The second-order valence-corrected chi connectivity index (χ2v) is 19.0. The van der Waals surface area contributed by atoms with Crippen LogP contribution >= 0.6 is 0 Å². The summed E-state index contributed by atoms with van der Waals surface area (Å²) in [6.07, 6.45) is 3.97. The smallest absolute Gasteiger partial charge is 0.241 e. The molecule has 0 spiro atoms. The van der Waals surface area contributed by atoms with Crippen LogP contribution in [-0.4, -0.2) is 31.2 Å². The number of benzene rings is 6. The third-order valence-electron chi connectivity index (χ3n) is 14.0. The molecule has 2 saturated carbocycles. The molecule has 13 heteroatoms. The molecule has 2 aliphatic rings. The lowest BCUT2D eigenvalue weighted by Gasteiger charge is -2.48. The Balaban J connectivity index is 0.000000167. The van der Waals surface area contributed by atoms with Gasteiger partial charge in [0.05, 0.1) is 28.5 Å². The van der Waals surface area contributed by atoms with Gasteiger partial charge >= 0.3 is 0 Å². The molecule has 0 saturated heterocycles. The minimum absolute atomic E-state index is 0.0653. The Bertz CT molecular complexity index is 3480. The number of nitrogens with zero attached hydrogens (tertiary/aromatic N) is 6. The fraction of sp³-hybridized carbons (Fsp3) is 0.220. The lowest BCUT2D eigenvalue weighted by atomic mass is 9.55. The quantitative estimate of drug-likeness (QED) is 0.0491. The van der Waals surface area contributed by atoms with Gasteiger partial charge in [0.15, 0.2) is 5.84 Å². The summed E-state index contributed by atoms with van der Waals surface area (Å²) in [7, 11) is 0. The first-order chi connectivity index (χ1) is 35.0. The summed E-state index contributed by atoms with van der Waals surface area (Å²) in [5.74, 6) is 2.81. The highest BCUT2D eigenvalue weighted by molar-refractivity contribution is 5.99. The molecule has 11 nitrogen and oxygen atoms in total. The molecule has 0 amide bonds. The summed E-state index contributed by atoms with van der Waals surface area (Å²) in [4.78, 5) is 13.7. The second kappa shape index (κ2) is 20.1. The van der Waals surface area contributed by atoms with E-state index in [-0.39, 0.29) is 47.9 Å². The normalized spacial score (nSPS) is 19.3. The number of hydrogen-bond donors (Lipinski definition) is 2. The third kappa shape index (κ3) is 9.55. The van der Waals surface area contributed by atoms with Crippen molar-refractivity contribution >= 4 is 27.6 Å². The van der Waals surface area contributed by atoms with Gasteiger partial charge in [-0.1, -0.05) is 97.0 Å². The highest BCUT2D eigenvalue weighted by Crippen LogP contribution is 2.55. The molecular formula is C59H51F2N7O4. The Morgan fingerprint density at radius 2 is 1.18 bits per heavy atom. The number of hydrogen-bond acceptors (Lipinski definition) is 10. The minimum atomic E-state index is -0.283. The van der Waals surface area contributed by atoms with Gasteiger partial charge < -0.3 is 24.9 Å². The van der Waals surface area contributed by atoms with Crippen molar-refractivity contribution in [3.8, 4) is 29.0 Å². The number of fused-ring (bicyclic) bond motifs is 2. The van der Waals surface area contributed by atoms with E-state index in [2.05, 4.69) is 87.6 Å². The minimum Gasteiger partial charge on any atom is -0.487 e. The molecule has 2 fully saturated rings. The summed E-state index contributed by atoms with van der Waals surface area (Å²) in [5, 5.41) is 27.4. The molecule has 0 atom stereocenters. The summed E-state index contributed by atoms with van der Waals surface area (Å²) in [6.45, 7) is 5.04. The maximum atomic E-state index is 13.5. The molecule has 0 radical (unpaired) electrons. The van der Waals surface area contributed by atoms with Crippen molar-refractivity contribution in [2.45, 2.75) is 70.0 Å². The first-order valence-electron chi connectivity index (χ1n) is 24.0. The van der Waals surface area contributed by atoms with E-state index in [0.29, 0.717) is 40.6 Å². The monoisotopic (exact) mass is 959 g/mol. The predicted molar refractivity (Wildman–Crippen MR) is 271 cm³/mol. The topological polar surface area (TPSA) is 166 Å². The van der Waals surface area contributed by atoms with E-state index >= 15 is 0 Å². The number of pyridine rings is 2. The zero-order chi connectivity index (χ0) is 49.8. The van der Waals surface area contributed by atoms with Crippen molar-refractivity contribution < 1.29 is 28.0 Å². The molecule has 11 rings (SSSR count). The van der Waals surface area contributed by atoms with Crippen LogP contribution in [0.1, 0.15) is 84.6 Å². The van der Waals surface area contributed by atoms with E-state index in [1.807, 2.05) is 78.9 Å². The number of nitriles is 1. The first kappa shape index (κ1) is 47.2. The molecule has 2 aliphatic carbocycles. The van der Waals surface area contributed by atoms with Crippen LogP contribution in [0, 0.1) is 34.8 Å². The Hall–Kier alpha value is -8.50. The zero-order valence-electron chi connectivity index (χ0n) is 39.8. The van der Waals surface area contributed by atoms with Gasteiger partial charge in [0.25, 0.3) is 0 Å². The number of halogens is 2. The highest BCUT2D eigenvalue weighted by Gasteiger charge is 2.48. The summed E-state index contributed by atoms with van der Waals surface area (Å²) in [6, 6.07) is 51.0. The van der Waals surface area contributed by atoms with Crippen molar-refractivity contribution in [1.29, 1.82) is 5.26 Å². The van der Waals surface area contributed by atoms with Crippen LogP contribution in [0.5, 0.6) is 11.5 Å². The van der Waals surface area contributed by atoms with Gasteiger partial charge in [0.1, 0.15) is 42.8 Å². The molecule has 9 aromatic rings. The first-order valence-corrected chi connectivity index (χ1v) is 24.0. The lowest BCUT2D eigenvalue weighted by molar-refractivity contribution is 0.199. The number of rotatable bonds is 13. The molecule has 360 valence electrons. The molecule has 0 unspecified atom stereocenters. The average Bonchev–Trinajstić information content (AvgIpc) is 3.86. The van der Waals surface area contributed by atoms with Crippen LogP contribution in [0.4, 0.5) is 8.78 Å². The van der Waals surface area contributed by atoms with Crippen molar-refractivity contribution in [3.63, 3.8) is 0 Å². The Labute approximate surface area is 415 Å². The van der Waals surface area contributed by atoms with Crippen molar-refractivity contribution in [1.82, 2.24) is 20.1 Å². The van der Waals surface area contributed by atoms with Gasteiger partial charge in [0.2, 0.25) is 11.7 Å². The summed E-state index contributed by atoms with van der Waals surface area (Å²) >= 11 is 0. The van der Waals surface area contributed by atoms with Crippen molar-refractivity contribution in [2.24, 2.45) is 22.7 Å². The predicted octanol–water partition coefficient (Wildman–Crippen LogP) is 12.5. The Kier molecular flexibility index (Phi) is 13.2. The van der Waals surface area contributed by atoms with E-state index in [0.717, 1.165) is 75.6 Å². The van der Waals surface area contributed by atoms with Crippen LogP contribution < -0.4 is 15.2 Å². The van der Waals surface area contributed by atoms with Crippen molar-refractivity contribution in [2.75, 3.05) is 0 Å². The van der Waals surface area contributed by atoms with Crippen molar-refractivity contribution in [3.05, 3.63) is 214 Å². The number of nitrogens with two attached hydrogens (primary N) is 1. The molecular weight excluding hydrogens is 909 g/mol. The summed E-state index contributed by atoms with van der Waals surface area (Å²) in [5.41, 5.74) is 14.7. The van der Waals surface area contributed by atoms with Gasteiger partial charge in [-0.15, -0.1) is 0 Å². The average molecular weight is 960 g/mol. The van der Waals surface area contributed by atoms with Gasteiger partial charge in [-0.2, -0.15) is 10.2 Å². The van der Waals surface area contributed by atoms with E-state index in [1.165, 1.54) is 35.4 Å². The van der Waals surface area contributed by atoms with Crippen LogP contribution in [-0.2, 0) is 30.5 Å². The van der Waals surface area contributed by atoms with Crippen LogP contribution in [0.2, 0.25) is 0 Å². The summed E-state index contributed by atoms with van der Waals surface area (Å²) < 4.78 is 44.7. The Morgan fingerprint density at radius 3 is 1.69 bits per heavy atom. The Morgan fingerprint density at radius 1 is 0.667 bits per heavy atom. The van der Waals surface area contributed by atoms with E-state index in [9.17, 15) is 14.0 Å². The van der Waals surface area contributed by atoms with Crippen LogP contribution in [0.3, 0.4) is 0 Å². The molecule has 0 aliphatic heterocycles.